The summed E-state index contributed by atoms with van der Waals surface area (Å²) in [5.41, 5.74) is 8.03. The number of carbonyl (C=O) groups is 2. The van der Waals surface area contributed by atoms with Crippen LogP contribution in [0.4, 0.5) is 0 Å². The zero-order chi connectivity index (χ0) is 17.0. The number of nitrogens with zero attached hydrogens (tertiary/aromatic N) is 2. The van der Waals surface area contributed by atoms with Crippen molar-refractivity contribution in [1.29, 1.82) is 0 Å². The summed E-state index contributed by atoms with van der Waals surface area (Å²) in [5.74, 6) is -0.484. The number of aromatic nitrogens is 1. The van der Waals surface area contributed by atoms with Crippen LogP contribution in [0.3, 0.4) is 0 Å². The van der Waals surface area contributed by atoms with E-state index in [1.807, 2.05) is 0 Å². The fraction of sp³-hybridized carbons (Fsp3) is 0.312. The first-order chi connectivity index (χ1) is 10.9. The van der Waals surface area contributed by atoms with Crippen LogP contribution in [0, 0.1) is 6.92 Å². The average Bonchev–Trinajstić information content (AvgIpc) is 2.84. The lowest BCUT2D eigenvalue weighted by molar-refractivity contribution is -0.130. The van der Waals surface area contributed by atoms with Gasteiger partial charge in [-0.1, -0.05) is 17.3 Å². The molecule has 0 aliphatic carbocycles. The highest BCUT2D eigenvalue weighted by atomic mass is 35.5. The van der Waals surface area contributed by atoms with Crippen molar-refractivity contribution in [3.8, 4) is 0 Å². The first-order valence-electron chi connectivity index (χ1n) is 7.12. The van der Waals surface area contributed by atoms with E-state index in [9.17, 15) is 9.59 Å². The second kappa shape index (κ2) is 7.28. The van der Waals surface area contributed by atoms with E-state index in [0.29, 0.717) is 30.6 Å². The highest BCUT2D eigenvalue weighted by Gasteiger charge is 2.15. The maximum Gasteiger partial charge on any atom is 0.248 e. The molecule has 0 aliphatic rings. The van der Waals surface area contributed by atoms with Gasteiger partial charge in [0.1, 0.15) is 0 Å². The number of nitrogens with two attached hydrogens (primary N) is 1. The van der Waals surface area contributed by atoms with Crippen molar-refractivity contribution in [2.75, 3.05) is 7.05 Å². The van der Waals surface area contributed by atoms with E-state index >= 15 is 0 Å². The molecule has 0 atom stereocenters. The van der Waals surface area contributed by atoms with Gasteiger partial charge in [-0.15, -0.1) is 0 Å². The van der Waals surface area contributed by atoms with Gasteiger partial charge in [0, 0.05) is 31.1 Å². The Morgan fingerprint density at radius 1 is 1.30 bits per heavy atom. The van der Waals surface area contributed by atoms with Crippen LogP contribution in [0.5, 0.6) is 0 Å². The molecule has 2 amide bonds. The SMILES string of the molecule is Cc1noc(Cl)c1CCC(=O)N(C)Cc1ccc(C(N)=O)cc1. The fourth-order valence-electron chi connectivity index (χ4n) is 2.20. The number of benzene rings is 1. The van der Waals surface area contributed by atoms with E-state index in [1.54, 1.807) is 43.1 Å². The molecule has 2 rings (SSSR count). The average molecular weight is 336 g/mol. The van der Waals surface area contributed by atoms with Crippen LogP contribution < -0.4 is 5.73 Å². The Hall–Kier alpha value is -2.34. The lowest BCUT2D eigenvalue weighted by Crippen LogP contribution is -2.26. The van der Waals surface area contributed by atoms with Crippen molar-refractivity contribution < 1.29 is 14.1 Å². The smallest absolute Gasteiger partial charge is 0.248 e. The van der Waals surface area contributed by atoms with Gasteiger partial charge in [0.25, 0.3) is 0 Å². The Morgan fingerprint density at radius 3 is 2.48 bits per heavy atom. The lowest BCUT2D eigenvalue weighted by atomic mass is 10.1. The predicted molar refractivity (Wildman–Crippen MR) is 86.0 cm³/mol. The van der Waals surface area contributed by atoms with Crippen molar-refractivity contribution in [2.45, 2.75) is 26.3 Å². The van der Waals surface area contributed by atoms with Crippen molar-refractivity contribution in [3.05, 3.63) is 51.9 Å². The summed E-state index contributed by atoms with van der Waals surface area (Å²) in [7, 11) is 1.73. The van der Waals surface area contributed by atoms with Gasteiger partial charge < -0.3 is 15.2 Å². The standard InChI is InChI=1S/C16H18ClN3O3/c1-10-13(15(17)23-19-10)7-8-14(21)20(2)9-11-3-5-12(6-4-11)16(18)22/h3-6H,7-9H2,1-2H3,(H2,18,22). The lowest BCUT2D eigenvalue weighted by Gasteiger charge is -2.17. The molecule has 122 valence electrons. The molecular weight excluding hydrogens is 318 g/mol. The number of rotatable bonds is 6. The molecule has 0 saturated carbocycles. The maximum atomic E-state index is 12.2. The van der Waals surface area contributed by atoms with Gasteiger partial charge in [-0.3, -0.25) is 9.59 Å². The van der Waals surface area contributed by atoms with Crippen LogP contribution in [-0.2, 0) is 17.8 Å². The van der Waals surface area contributed by atoms with Crippen LogP contribution in [-0.4, -0.2) is 28.9 Å². The summed E-state index contributed by atoms with van der Waals surface area (Å²) >= 11 is 5.89. The van der Waals surface area contributed by atoms with Crippen molar-refractivity contribution in [2.24, 2.45) is 5.73 Å². The van der Waals surface area contributed by atoms with E-state index in [4.69, 9.17) is 21.9 Å². The van der Waals surface area contributed by atoms with Crippen LogP contribution in [0.25, 0.3) is 0 Å². The number of hydrogen-bond acceptors (Lipinski definition) is 4. The van der Waals surface area contributed by atoms with Gasteiger partial charge in [-0.2, -0.15) is 0 Å². The first-order valence-corrected chi connectivity index (χ1v) is 7.49. The highest BCUT2D eigenvalue weighted by Crippen LogP contribution is 2.21. The molecule has 7 heteroatoms. The van der Waals surface area contributed by atoms with Gasteiger partial charge in [-0.05, 0) is 42.6 Å². The highest BCUT2D eigenvalue weighted by molar-refractivity contribution is 6.29. The fourth-order valence-corrected chi connectivity index (χ4v) is 2.47. The van der Waals surface area contributed by atoms with Crippen molar-refractivity contribution >= 4 is 23.4 Å². The van der Waals surface area contributed by atoms with E-state index in [2.05, 4.69) is 5.16 Å². The molecule has 0 aliphatic heterocycles. The van der Waals surface area contributed by atoms with Gasteiger partial charge >= 0.3 is 0 Å². The predicted octanol–water partition coefficient (Wildman–Crippen LogP) is 2.33. The molecule has 2 N–H and O–H groups in total. The maximum absolute atomic E-state index is 12.2. The van der Waals surface area contributed by atoms with Crippen LogP contribution in [0.1, 0.15) is 33.6 Å². The minimum absolute atomic E-state index is 0.0133. The van der Waals surface area contributed by atoms with Crippen molar-refractivity contribution in [3.63, 3.8) is 0 Å². The minimum Gasteiger partial charge on any atom is -0.366 e. The van der Waals surface area contributed by atoms with Crippen molar-refractivity contribution in [1.82, 2.24) is 10.1 Å². The number of primary amides is 1. The van der Waals surface area contributed by atoms with Crippen LogP contribution in [0.15, 0.2) is 28.8 Å². The van der Waals surface area contributed by atoms with Gasteiger partial charge in [0.15, 0.2) is 0 Å². The van der Waals surface area contributed by atoms with E-state index in [1.165, 1.54) is 0 Å². The number of amides is 2. The number of hydrogen-bond donors (Lipinski definition) is 1. The monoisotopic (exact) mass is 335 g/mol. The summed E-state index contributed by atoms with van der Waals surface area (Å²) in [6.45, 7) is 2.24. The topological polar surface area (TPSA) is 89.4 Å². The largest absolute Gasteiger partial charge is 0.366 e. The summed E-state index contributed by atoms with van der Waals surface area (Å²) in [6.07, 6.45) is 0.801. The summed E-state index contributed by atoms with van der Waals surface area (Å²) in [6, 6.07) is 6.86. The normalized spacial score (nSPS) is 10.6. The molecule has 0 spiro atoms. The minimum atomic E-state index is -0.470. The number of aryl methyl sites for hydroxylation is 1. The quantitative estimate of drug-likeness (QED) is 0.877. The van der Waals surface area contributed by atoms with E-state index in [-0.39, 0.29) is 11.1 Å². The first kappa shape index (κ1) is 17.0. The third kappa shape index (κ3) is 4.32. The third-order valence-electron chi connectivity index (χ3n) is 3.61. The van der Waals surface area contributed by atoms with Crippen LogP contribution >= 0.6 is 11.6 Å². The molecule has 0 bridgehead atoms. The number of halogens is 1. The molecule has 0 saturated heterocycles. The summed E-state index contributed by atoms with van der Waals surface area (Å²) < 4.78 is 4.87. The molecule has 1 heterocycles. The zero-order valence-corrected chi connectivity index (χ0v) is 13.8. The van der Waals surface area contributed by atoms with Gasteiger partial charge in [0.2, 0.25) is 17.0 Å². The molecule has 1 aromatic carbocycles. The molecule has 2 aromatic rings. The second-order valence-corrected chi connectivity index (χ2v) is 5.67. The summed E-state index contributed by atoms with van der Waals surface area (Å²) in [4.78, 5) is 24.8. The third-order valence-corrected chi connectivity index (χ3v) is 3.91. The van der Waals surface area contributed by atoms with Crippen LogP contribution in [0.2, 0.25) is 5.22 Å². The van der Waals surface area contributed by atoms with Gasteiger partial charge in [0.05, 0.1) is 5.69 Å². The summed E-state index contributed by atoms with van der Waals surface area (Å²) in [5, 5.41) is 4.00. The molecule has 1 aromatic heterocycles. The number of carbonyl (C=O) groups excluding carboxylic acids is 2. The van der Waals surface area contributed by atoms with Gasteiger partial charge in [-0.25, -0.2) is 0 Å². The Bertz CT molecular complexity index is 690. The molecule has 0 radical (unpaired) electrons. The Kier molecular flexibility index (Phi) is 5.39. The van der Waals surface area contributed by atoms with E-state index in [0.717, 1.165) is 11.1 Å². The molecule has 0 unspecified atom stereocenters. The Labute approximate surface area is 139 Å². The Balaban J connectivity index is 1.91. The molecule has 0 fully saturated rings. The molecule has 23 heavy (non-hydrogen) atoms. The molecular formula is C16H18ClN3O3. The molecule has 6 nitrogen and oxygen atoms in total. The van der Waals surface area contributed by atoms with E-state index < -0.39 is 5.91 Å². The Morgan fingerprint density at radius 2 is 1.96 bits per heavy atom. The zero-order valence-electron chi connectivity index (χ0n) is 13.0. The second-order valence-electron chi connectivity index (χ2n) is 5.33.